The van der Waals surface area contributed by atoms with E-state index in [-0.39, 0.29) is 5.41 Å². The number of benzene rings is 2. The number of carboxylic acid groups (broad SMARTS) is 1. The number of nitrogens with zero attached hydrogens (tertiary/aromatic N) is 2. The SMILES string of the molecule is CCCCC1(CC)CSc2cc(O/C=C(\F)C(=O)O)c(N(C)C)cc2N(c2ccccc2)C1. The van der Waals surface area contributed by atoms with Gasteiger partial charge in [0.25, 0.3) is 0 Å². The summed E-state index contributed by atoms with van der Waals surface area (Å²) in [7, 11) is 3.78. The Labute approximate surface area is 200 Å². The molecule has 1 aliphatic heterocycles. The molecule has 0 aliphatic carbocycles. The van der Waals surface area contributed by atoms with Crippen molar-refractivity contribution in [3.05, 3.63) is 54.6 Å². The van der Waals surface area contributed by atoms with Crippen molar-refractivity contribution in [2.45, 2.75) is 44.4 Å². The van der Waals surface area contributed by atoms with E-state index >= 15 is 0 Å². The maximum atomic E-state index is 13.6. The number of unbranched alkanes of at least 4 members (excludes halogenated alkanes) is 1. The fraction of sp³-hybridized carbons (Fsp3) is 0.423. The van der Waals surface area contributed by atoms with Crippen molar-refractivity contribution in [1.82, 2.24) is 0 Å². The zero-order valence-electron chi connectivity index (χ0n) is 19.8. The predicted octanol–water partition coefficient (Wildman–Crippen LogP) is 6.86. The molecule has 5 nitrogen and oxygen atoms in total. The van der Waals surface area contributed by atoms with E-state index in [4.69, 9.17) is 9.84 Å². The number of carbonyl (C=O) groups is 1. The van der Waals surface area contributed by atoms with Gasteiger partial charge in [-0.2, -0.15) is 4.39 Å². The average Bonchev–Trinajstić information content (AvgIpc) is 2.98. The first-order chi connectivity index (χ1) is 15.8. The molecule has 33 heavy (non-hydrogen) atoms. The second-order valence-electron chi connectivity index (χ2n) is 8.74. The number of thioether (sulfide) groups is 1. The minimum atomic E-state index is -1.65. The molecule has 2 aromatic carbocycles. The summed E-state index contributed by atoms with van der Waals surface area (Å²) in [6.07, 6.45) is 5.23. The molecule has 1 unspecified atom stereocenters. The molecule has 0 amide bonds. The largest absolute Gasteiger partial charge is 0.476 e. The molecular formula is C26H33FN2O3S. The molecule has 0 radical (unpaired) electrons. The number of fused-ring (bicyclic) bond motifs is 1. The minimum Gasteiger partial charge on any atom is -0.476 e. The van der Waals surface area contributed by atoms with Crippen molar-refractivity contribution < 1.29 is 19.0 Å². The lowest BCUT2D eigenvalue weighted by molar-refractivity contribution is -0.134. The normalized spacial score (nSPS) is 18.5. The van der Waals surface area contributed by atoms with Crippen LogP contribution in [0.2, 0.25) is 0 Å². The van der Waals surface area contributed by atoms with Crippen LogP contribution >= 0.6 is 11.8 Å². The maximum absolute atomic E-state index is 13.6. The topological polar surface area (TPSA) is 53.0 Å². The molecule has 178 valence electrons. The molecule has 0 spiro atoms. The quantitative estimate of drug-likeness (QED) is 0.318. The number of hydrogen-bond donors (Lipinski definition) is 1. The fourth-order valence-electron chi connectivity index (χ4n) is 4.10. The molecule has 1 heterocycles. The van der Waals surface area contributed by atoms with Gasteiger partial charge >= 0.3 is 5.97 Å². The zero-order chi connectivity index (χ0) is 24.0. The lowest BCUT2D eigenvalue weighted by atomic mass is 9.81. The standard InChI is InChI=1S/C26H33FN2O3S/c1-5-7-13-26(6-2)17-29(19-11-9-8-10-12-19)22-14-21(28(3)4)23(15-24(22)33-18-26)32-16-20(27)25(30)31/h8-12,14-16H,5-7,13,17-18H2,1-4H3,(H,30,31)/b20-16-. The highest BCUT2D eigenvalue weighted by Crippen LogP contribution is 2.49. The molecule has 7 heteroatoms. The average molecular weight is 473 g/mol. The van der Waals surface area contributed by atoms with E-state index in [2.05, 4.69) is 49.1 Å². The highest BCUT2D eigenvalue weighted by Gasteiger charge is 2.35. The smallest absolute Gasteiger partial charge is 0.368 e. The molecule has 0 saturated heterocycles. The lowest BCUT2D eigenvalue weighted by Crippen LogP contribution is -2.36. The van der Waals surface area contributed by atoms with Crippen LogP contribution in [0, 0.1) is 5.41 Å². The first-order valence-corrected chi connectivity index (χ1v) is 12.3. The summed E-state index contributed by atoms with van der Waals surface area (Å²) in [5.74, 6) is -1.59. The molecule has 2 aromatic rings. The number of hydrogen-bond acceptors (Lipinski definition) is 5. The van der Waals surface area contributed by atoms with Gasteiger partial charge in [0, 0.05) is 37.0 Å². The van der Waals surface area contributed by atoms with E-state index in [9.17, 15) is 9.18 Å². The number of rotatable bonds is 9. The van der Waals surface area contributed by atoms with Gasteiger partial charge in [-0.3, -0.25) is 0 Å². The number of para-hydroxylation sites is 1. The van der Waals surface area contributed by atoms with E-state index < -0.39 is 11.8 Å². The van der Waals surface area contributed by atoms with Crippen molar-refractivity contribution in [2.75, 3.05) is 36.2 Å². The van der Waals surface area contributed by atoms with Gasteiger partial charge in [0.2, 0.25) is 5.83 Å². The van der Waals surface area contributed by atoms with Gasteiger partial charge in [-0.25, -0.2) is 4.79 Å². The summed E-state index contributed by atoms with van der Waals surface area (Å²) in [5.41, 5.74) is 3.12. The minimum absolute atomic E-state index is 0.157. The monoisotopic (exact) mass is 472 g/mol. The Kier molecular flexibility index (Phi) is 8.30. The highest BCUT2D eigenvalue weighted by atomic mass is 32.2. The molecule has 3 rings (SSSR count). The highest BCUT2D eigenvalue weighted by molar-refractivity contribution is 7.99. The summed E-state index contributed by atoms with van der Waals surface area (Å²) in [6, 6.07) is 14.3. The van der Waals surface area contributed by atoms with Crippen LogP contribution in [0.4, 0.5) is 21.5 Å². The van der Waals surface area contributed by atoms with E-state index in [1.165, 1.54) is 6.42 Å². The van der Waals surface area contributed by atoms with Gasteiger partial charge in [-0.1, -0.05) is 44.9 Å². The van der Waals surface area contributed by atoms with Crippen LogP contribution in [0.1, 0.15) is 39.5 Å². The van der Waals surface area contributed by atoms with Crippen LogP contribution in [0.15, 0.2) is 59.4 Å². The Balaban J connectivity index is 2.12. The van der Waals surface area contributed by atoms with E-state index in [0.29, 0.717) is 12.0 Å². The Morgan fingerprint density at radius 2 is 2.00 bits per heavy atom. The second-order valence-corrected chi connectivity index (χ2v) is 9.76. The lowest BCUT2D eigenvalue weighted by Gasteiger charge is -2.37. The van der Waals surface area contributed by atoms with Crippen LogP contribution in [-0.2, 0) is 4.79 Å². The van der Waals surface area contributed by atoms with Crippen LogP contribution in [-0.4, -0.2) is 37.5 Å². The summed E-state index contributed by atoms with van der Waals surface area (Å²) >= 11 is 1.79. The molecule has 0 bridgehead atoms. The molecule has 1 atom stereocenters. The first-order valence-electron chi connectivity index (χ1n) is 11.4. The summed E-state index contributed by atoms with van der Waals surface area (Å²) < 4.78 is 19.1. The maximum Gasteiger partial charge on any atom is 0.368 e. The van der Waals surface area contributed by atoms with Crippen molar-refractivity contribution in [2.24, 2.45) is 5.41 Å². The van der Waals surface area contributed by atoms with Crippen molar-refractivity contribution in [3.63, 3.8) is 0 Å². The third-order valence-electron chi connectivity index (χ3n) is 6.21. The molecular weight excluding hydrogens is 439 g/mol. The Morgan fingerprint density at radius 3 is 2.61 bits per heavy atom. The fourth-order valence-corrected chi connectivity index (χ4v) is 5.51. The summed E-state index contributed by atoms with van der Waals surface area (Å²) in [6.45, 7) is 5.41. The summed E-state index contributed by atoms with van der Waals surface area (Å²) in [5, 5.41) is 8.84. The molecule has 0 saturated carbocycles. The Morgan fingerprint density at radius 1 is 1.27 bits per heavy atom. The van der Waals surface area contributed by atoms with Gasteiger partial charge in [0.15, 0.2) is 5.75 Å². The van der Waals surface area contributed by atoms with Crippen LogP contribution in [0.5, 0.6) is 5.75 Å². The van der Waals surface area contributed by atoms with Gasteiger partial charge in [-0.05, 0) is 42.5 Å². The van der Waals surface area contributed by atoms with Crippen LogP contribution < -0.4 is 14.5 Å². The zero-order valence-corrected chi connectivity index (χ0v) is 20.6. The van der Waals surface area contributed by atoms with Crippen LogP contribution in [0.25, 0.3) is 0 Å². The van der Waals surface area contributed by atoms with Crippen molar-refractivity contribution in [3.8, 4) is 5.75 Å². The number of halogens is 1. The number of ether oxygens (including phenoxy) is 1. The number of anilines is 3. The third-order valence-corrected chi connectivity index (χ3v) is 7.61. The molecule has 1 aliphatic rings. The van der Waals surface area contributed by atoms with Crippen molar-refractivity contribution in [1.29, 1.82) is 0 Å². The van der Waals surface area contributed by atoms with E-state index in [1.807, 2.05) is 31.1 Å². The summed E-state index contributed by atoms with van der Waals surface area (Å²) in [4.78, 5) is 16.2. The predicted molar refractivity (Wildman–Crippen MR) is 135 cm³/mol. The van der Waals surface area contributed by atoms with Gasteiger partial charge in [-0.15, -0.1) is 11.8 Å². The Bertz CT molecular complexity index is 997. The molecule has 1 N–H and O–H groups in total. The van der Waals surface area contributed by atoms with Gasteiger partial charge in [0.1, 0.15) is 6.26 Å². The number of aliphatic carboxylic acids is 1. The molecule has 0 fully saturated rings. The second kappa shape index (κ2) is 11.0. The van der Waals surface area contributed by atoms with E-state index in [1.54, 1.807) is 11.8 Å². The van der Waals surface area contributed by atoms with Gasteiger partial charge < -0.3 is 19.6 Å². The first kappa shape index (κ1) is 25.0. The Hall–Kier alpha value is -2.67. The number of carboxylic acids is 1. The van der Waals surface area contributed by atoms with Crippen LogP contribution in [0.3, 0.4) is 0 Å². The third kappa shape index (κ3) is 5.82. The van der Waals surface area contributed by atoms with Gasteiger partial charge in [0.05, 0.1) is 11.4 Å². The molecule has 0 aromatic heterocycles. The van der Waals surface area contributed by atoms with Crippen molar-refractivity contribution >= 4 is 34.8 Å². The van der Waals surface area contributed by atoms with E-state index in [0.717, 1.165) is 53.5 Å².